The molecule has 0 aromatic heterocycles. The fourth-order valence-corrected chi connectivity index (χ4v) is 3.12. The van der Waals surface area contributed by atoms with E-state index in [2.05, 4.69) is 5.32 Å². The maximum absolute atomic E-state index is 11.9. The fourth-order valence-electron chi connectivity index (χ4n) is 1.47. The number of halogens is 1. The van der Waals surface area contributed by atoms with E-state index in [-0.39, 0.29) is 11.8 Å². The van der Waals surface area contributed by atoms with Crippen molar-refractivity contribution in [3.8, 4) is 0 Å². The van der Waals surface area contributed by atoms with E-state index in [4.69, 9.17) is 11.6 Å². The van der Waals surface area contributed by atoms with Gasteiger partial charge in [-0.1, -0.05) is 18.5 Å². The van der Waals surface area contributed by atoms with Gasteiger partial charge >= 0.3 is 0 Å². The first-order valence-electron chi connectivity index (χ1n) is 5.17. The predicted octanol–water partition coefficient (Wildman–Crippen LogP) is 2.11. The molecule has 3 nitrogen and oxygen atoms in total. The minimum absolute atomic E-state index is 0.0503. The lowest BCUT2D eigenvalue weighted by atomic mass is 10.4. The molecule has 1 rings (SSSR count). The quantitative estimate of drug-likeness (QED) is 0.883. The Morgan fingerprint density at radius 2 is 1.88 bits per heavy atom. The molecule has 0 aliphatic heterocycles. The Morgan fingerprint density at radius 1 is 1.31 bits per heavy atom. The largest absolute Gasteiger partial charge is 0.314 e. The lowest BCUT2D eigenvalue weighted by Crippen LogP contribution is -2.32. The van der Waals surface area contributed by atoms with E-state index in [0.29, 0.717) is 9.92 Å². The van der Waals surface area contributed by atoms with Crippen LogP contribution in [0, 0.1) is 0 Å². The molecule has 1 aromatic rings. The molecule has 0 amide bonds. The number of sulfone groups is 1. The van der Waals surface area contributed by atoms with Crippen molar-refractivity contribution in [2.45, 2.75) is 24.8 Å². The third-order valence-electron chi connectivity index (χ3n) is 2.19. The summed E-state index contributed by atoms with van der Waals surface area (Å²) >= 11 is 5.71. The molecule has 1 N–H and O–H groups in total. The van der Waals surface area contributed by atoms with Crippen LogP contribution in [-0.4, -0.2) is 26.8 Å². The highest BCUT2D eigenvalue weighted by molar-refractivity contribution is 7.91. The van der Waals surface area contributed by atoms with E-state index < -0.39 is 9.84 Å². The summed E-state index contributed by atoms with van der Waals surface area (Å²) in [6, 6.07) is 6.21. The molecular formula is C11H16ClNO2S. The van der Waals surface area contributed by atoms with E-state index in [9.17, 15) is 8.42 Å². The standard InChI is InChI=1S/C11H16ClNO2S/c1-3-13-9(2)8-16(14,15)11-6-4-10(12)5-7-11/h4-7,9,13H,3,8H2,1-2H3. The minimum atomic E-state index is -3.22. The zero-order valence-corrected chi connectivity index (χ0v) is 11.0. The Labute approximate surface area is 102 Å². The van der Waals surface area contributed by atoms with Crippen molar-refractivity contribution in [2.75, 3.05) is 12.3 Å². The first-order chi connectivity index (χ1) is 7.45. The second-order valence-electron chi connectivity index (χ2n) is 3.69. The maximum Gasteiger partial charge on any atom is 0.179 e. The fraction of sp³-hybridized carbons (Fsp3) is 0.455. The topological polar surface area (TPSA) is 46.2 Å². The molecule has 1 unspecified atom stereocenters. The molecule has 0 radical (unpaired) electrons. The summed E-state index contributed by atoms with van der Waals surface area (Å²) in [5.74, 6) is 0.0997. The van der Waals surface area contributed by atoms with Crippen molar-refractivity contribution in [1.29, 1.82) is 0 Å². The smallest absolute Gasteiger partial charge is 0.179 e. The summed E-state index contributed by atoms with van der Waals surface area (Å²) in [6.07, 6.45) is 0. The van der Waals surface area contributed by atoms with Gasteiger partial charge in [0.05, 0.1) is 10.6 Å². The Bertz CT molecular complexity index is 428. The molecule has 1 atom stereocenters. The molecule has 0 aliphatic rings. The summed E-state index contributed by atoms with van der Waals surface area (Å²) in [6.45, 7) is 4.57. The minimum Gasteiger partial charge on any atom is -0.314 e. The molecule has 0 heterocycles. The molecule has 0 saturated carbocycles. The van der Waals surface area contributed by atoms with Crippen LogP contribution in [0.3, 0.4) is 0 Å². The molecule has 90 valence electrons. The van der Waals surface area contributed by atoms with Crippen LogP contribution in [0.4, 0.5) is 0 Å². The van der Waals surface area contributed by atoms with E-state index in [1.165, 1.54) is 12.1 Å². The Balaban J connectivity index is 2.82. The lowest BCUT2D eigenvalue weighted by molar-refractivity contribution is 0.566. The van der Waals surface area contributed by atoms with Crippen LogP contribution in [0.2, 0.25) is 5.02 Å². The highest BCUT2D eigenvalue weighted by Gasteiger charge is 2.17. The average molecular weight is 262 g/mol. The lowest BCUT2D eigenvalue weighted by Gasteiger charge is -2.12. The second-order valence-corrected chi connectivity index (χ2v) is 6.16. The van der Waals surface area contributed by atoms with Gasteiger partial charge in [-0.05, 0) is 37.7 Å². The van der Waals surface area contributed by atoms with Crippen molar-refractivity contribution in [2.24, 2.45) is 0 Å². The first kappa shape index (κ1) is 13.5. The number of hydrogen-bond acceptors (Lipinski definition) is 3. The van der Waals surface area contributed by atoms with Crippen molar-refractivity contribution in [1.82, 2.24) is 5.32 Å². The number of rotatable bonds is 5. The summed E-state index contributed by atoms with van der Waals surface area (Å²) in [5.41, 5.74) is 0. The highest BCUT2D eigenvalue weighted by atomic mass is 35.5. The average Bonchev–Trinajstić information content (AvgIpc) is 2.17. The van der Waals surface area contributed by atoms with Crippen molar-refractivity contribution in [3.05, 3.63) is 29.3 Å². The normalized spacial score (nSPS) is 13.7. The van der Waals surface area contributed by atoms with Crippen LogP contribution in [0.1, 0.15) is 13.8 Å². The van der Waals surface area contributed by atoms with Gasteiger partial charge in [-0.15, -0.1) is 0 Å². The van der Waals surface area contributed by atoms with Gasteiger partial charge in [0.25, 0.3) is 0 Å². The SMILES string of the molecule is CCNC(C)CS(=O)(=O)c1ccc(Cl)cc1. The molecule has 0 aliphatic carbocycles. The summed E-state index contributed by atoms with van der Waals surface area (Å²) < 4.78 is 23.9. The van der Waals surface area contributed by atoms with Crippen LogP contribution >= 0.6 is 11.6 Å². The molecule has 0 saturated heterocycles. The van der Waals surface area contributed by atoms with Crippen molar-refractivity contribution in [3.63, 3.8) is 0 Å². The van der Waals surface area contributed by atoms with E-state index >= 15 is 0 Å². The van der Waals surface area contributed by atoms with Crippen LogP contribution in [0.5, 0.6) is 0 Å². The number of hydrogen-bond donors (Lipinski definition) is 1. The maximum atomic E-state index is 11.9. The summed E-state index contributed by atoms with van der Waals surface area (Å²) in [4.78, 5) is 0.321. The van der Waals surface area contributed by atoms with E-state index in [1.807, 2.05) is 13.8 Å². The molecule has 5 heteroatoms. The van der Waals surface area contributed by atoms with E-state index in [1.54, 1.807) is 12.1 Å². The van der Waals surface area contributed by atoms with Gasteiger partial charge in [0, 0.05) is 11.1 Å². The van der Waals surface area contributed by atoms with Crippen molar-refractivity contribution < 1.29 is 8.42 Å². The molecule has 0 spiro atoms. The second kappa shape index (κ2) is 5.66. The zero-order valence-electron chi connectivity index (χ0n) is 9.40. The highest BCUT2D eigenvalue weighted by Crippen LogP contribution is 2.15. The molecular weight excluding hydrogens is 246 g/mol. The van der Waals surface area contributed by atoms with Gasteiger partial charge in [0.15, 0.2) is 9.84 Å². The van der Waals surface area contributed by atoms with Gasteiger partial charge < -0.3 is 5.32 Å². The van der Waals surface area contributed by atoms with Gasteiger partial charge in [-0.3, -0.25) is 0 Å². The van der Waals surface area contributed by atoms with Crippen LogP contribution in [0.15, 0.2) is 29.2 Å². The summed E-state index contributed by atoms with van der Waals surface area (Å²) in [7, 11) is -3.22. The molecule has 16 heavy (non-hydrogen) atoms. The van der Waals surface area contributed by atoms with Gasteiger partial charge in [-0.25, -0.2) is 8.42 Å². The van der Waals surface area contributed by atoms with Crippen LogP contribution < -0.4 is 5.32 Å². The molecule has 1 aromatic carbocycles. The Hall–Kier alpha value is -0.580. The van der Waals surface area contributed by atoms with Gasteiger partial charge in [0.1, 0.15) is 0 Å². The third-order valence-corrected chi connectivity index (χ3v) is 4.38. The van der Waals surface area contributed by atoms with E-state index in [0.717, 1.165) is 6.54 Å². The van der Waals surface area contributed by atoms with Gasteiger partial charge in [-0.2, -0.15) is 0 Å². The zero-order chi connectivity index (χ0) is 12.2. The number of benzene rings is 1. The molecule has 0 fully saturated rings. The first-order valence-corrected chi connectivity index (χ1v) is 7.20. The van der Waals surface area contributed by atoms with Crippen molar-refractivity contribution >= 4 is 21.4 Å². The monoisotopic (exact) mass is 261 g/mol. The summed E-state index contributed by atoms with van der Waals surface area (Å²) in [5, 5.41) is 3.62. The Morgan fingerprint density at radius 3 is 2.38 bits per heavy atom. The van der Waals surface area contributed by atoms with Gasteiger partial charge in [0.2, 0.25) is 0 Å². The Kier molecular flexibility index (Phi) is 4.77. The molecule has 0 bridgehead atoms. The van der Waals surface area contributed by atoms with Crippen LogP contribution in [-0.2, 0) is 9.84 Å². The third kappa shape index (κ3) is 3.77. The van der Waals surface area contributed by atoms with Crippen LogP contribution in [0.25, 0.3) is 0 Å². The number of nitrogens with one attached hydrogen (secondary N) is 1. The predicted molar refractivity (Wildman–Crippen MR) is 66.6 cm³/mol.